The highest BCUT2D eigenvalue weighted by molar-refractivity contribution is 6.00. The minimum atomic E-state index is -0.223. The molecule has 16 heavy (non-hydrogen) atoms. The number of benzene rings is 1. The predicted octanol–water partition coefficient (Wildman–Crippen LogP) is 3.10. The van der Waals surface area contributed by atoms with Gasteiger partial charge < -0.3 is 4.79 Å². The molecule has 0 spiro atoms. The van der Waals surface area contributed by atoms with Crippen LogP contribution < -0.4 is 0 Å². The molecule has 1 rings (SSSR count). The number of hydrogen-bond acceptors (Lipinski definition) is 2. The number of hydrogen-bond donors (Lipinski definition) is 0. The highest BCUT2D eigenvalue weighted by atomic mass is 16.1. The molecule has 2 heteroatoms. The van der Waals surface area contributed by atoms with E-state index in [1.165, 1.54) is 6.92 Å². The van der Waals surface area contributed by atoms with Gasteiger partial charge in [-0.05, 0) is 26.3 Å². The van der Waals surface area contributed by atoms with Crippen LogP contribution in [-0.4, -0.2) is 11.6 Å². The van der Waals surface area contributed by atoms with Crippen LogP contribution in [0.25, 0.3) is 0 Å². The van der Waals surface area contributed by atoms with Crippen LogP contribution in [0.15, 0.2) is 18.2 Å². The molecular weight excluding hydrogens is 200 g/mol. The molecule has 0 amide bonds. The Balaban J connectivity index is 2.92. The maximum Gasteiger partial charge on any atom is 0.166 e. The lowest BCUT2D eigenvalue weighted by Crippen LogP contribution is -2.15. The molecule has 1 aromatic rings. The van der Waals surface area contributed by atoms with E-state index in [0.29, 0.717) is 6.42 Å². The van der Waals surface area contributed by atoms with E-state index < -0.39 is 0 Å². The molecule has 86 valence electrons. The summed E-state index contributed by atoms with van der Waals surface area (Å²) in [6.45, 7) is 7.26. The SMILES string of the molecule is CC(=O)CC(C)C(=O)c1ccc(C)cc1C. The lowest BCUT2D eigenvalue weighted by atomic mass is 9.92. The fourth-order valence-corrected chi connectivity index (χ4v) is 1.88. The van der Waals surface area contributed by atoms with Crippen molar-refractivity contribution in [3.8, 4) is 0 Å². The van der Waals surface area contributed by atoms with Crippen molar-refractivity contribution in [2.75, 3.05) is 0 Å². The maximum absolute atomic E-state index is 12.1. The number of rotatable bonds is 4. The van der Waals surface area contributed by atoms with Crippen molar-refractivity contribution >= 4 is 11.6 Å². The molecule has 0 bridgehead atoms. The van der Waals surface area contributed by atoms with Crippen LogP contribution in [0, 0.1) is 19.8 Å². The Morgan fingerprint density at radius 3 is 2.38 bits per heavy atom. The lowest BCUT2D eigenvalue weighted by molar-refractivity contribution is -0.117. The maximum atomic E-state index is 12.1. The summed E-state index contributed by atoms with van der Waals surface area (Å²) in [7, 11) is 0. The monoisotopic (exact) mass is 218 g/mol. The van der Waals surface area contributed by atoms with Crippen LogP contribution >= 0.6 is 0 Å². The van der Waals surface area contributed by atoms with Crippen LogP contribution in [0.1, 0.15) is 41.8 Å². The molecule has 0 saturated heterocycles. The van der Waals surface area contributed by atoms with Gasteiger partial charge in [0.15, 0.2) is 5.78 Å². The van der Waals surface area contributed by atoms with Crippen LogP contribution in [0.3, 0.4) is 0 Å². The smallest absolute Gasteiger partial charge is 0.166 e. The summed E-state index contributed by atoms with van der Waals surface area (Å²) in [6.07, 6.45) is 0.326. The molecule has 0 fully saturated rings. The minimum absolute atomic E-state index is 0.0608. The van der Waals surface area contributed by atoms with Gasteiger partial charge in [0.1, 0.15) is 5.78 Å². The first-order valence-corrected chi connectivity index (χ1v) is 5.52. The largest absolute Gasteiger partial charge is 0.300 e. The highest BCUT2D eigenvalue weighted by Gasteiger charge is 2.18. The zero-order valence-electron chi connectivity index (χ0n) is 10.3. The van der Waals surface area contributed by atoms with Gasteiger partial charge in [-0.25, -0.2) is 0 Å². The van der Waals surface area contributed by atoms with Crippen molar-refractivity contribution in [2.45, 2.75) is 34.1 Å². The van der Waals surface area contributed by atoms with Crippen molar-refractivity contribution in [3.05, 3.63) is 34.9 Å². The average Bonchev–Trinajstić information content (AvgIpc) is 2.15. The molecular formula is C14H18O2. The van der Waals surface area contributed by atoms with Gasteiger partial charge in [-0.15, -0.1) is 0 Å². The number of aryl methyl sites for hydroxylation is 2. The lowest BCUT2D eigenvalue weighted by Gasteiger charge is -2.11. The third-order valence-electron chi connectivity index (χ3n) is 2.69. The van der Waals surface area contributed by atoms with Gasteiger partial charge in [0.2, 0.25) is 0 Å². The topological polar surface area (TPSA) is 34.1 Å². The van der Waals surface area contributed by atoms with Crippen molar-refractivity contribution in [1.82, 2.24) is 0 Å². The molecule has 1 atom stereocenters. The zero-order valence-corrected chi connectivity index (χ0v) is 10.3. The fraction of sp³-hybridized carbons (Fsp3) is 0.429. The van der Waals surface area contributed by atoms with E-state index in [4.69, 9.17) is 0 Å². The summed E-state index contributed by atoms with van der Waals surface area (Å²) in [5.74, 6) is -0.0998. The van der Waals surface area contributed by atoms with E-state index in [1.54, 1.807) is 0 Å². The minimum Gasteiger partial charge on any atom is -0.300 e. The van der Waals surface area contributed by atoms with Crippen LogP contribution in [0.4, 0.5) is 0 Å². The number of Topliss-reactive ketones (excluding diaryl/α,β-unsaturated/α-hetero) is 2. The highest BCUT2D eigenvalue weighted by Crippen LogP contribution is 2.17. The van der Waals surface area contributed by atoms with E-state index in [2.05, 4.69) is 0 Å². The van der Waals surface area contributed by atoms with Gasteiger partial charge in [-0.1, -0.05) is 30.7 Å². The molecule has 0 N–H and O–H groups in total. The average molecular weight is 218 g/mol. The molecule has 0 heterocycles. The molecule has 0 aliphatic rings. The Morgan fingerprint density at radius 1 is 1.25 bits per heavy atom. The second-order valence-electron chi connectivity index (χ2n) is 4.49. The third kappa shape index (κ3) is 3.02. The van der Waals surface area contributed by atoms with E-state index in [-0.39, 0.29) is 17.5 Å². The quantitative estimate of drug-likeness (QED) is 0.728. The first kappa shape index (κ1) is 12.6. The van der Waals surface area contributed by atoms with E-state index in [9.17, 15) is 9.59 Å². The number of carbonyl (C=O) groups is 2. The van der Waals surface area contributed by atoms with E-state index in [0.717, 1.165) is 16.7 Å². The van der Waals surface area contributed by atoms with E-state index in [1.807, 2.05) is 39.0 Å². The summed E-state index contributed by atoms with van der Waals surface area (Å²) in [5, 5.41) is 0. The van der Waals surface area contributed by atoms with Crippen molar-refractivity contribution in [2.24, 2.45) is 5.92 Å². The Morgan fingerprint density at radius 2 is 1.88 bits per heavy atom. The fourth-order valence-electron chi connectivity index (χ4n) is 1.88. The van der Waals surface area contributed by atoms with Gasteiger partial charge in [0.05, 0.1) is 0 Å². The summed E-state index contributed by atoms with van der Waals surface area (Å²) in [4.78, 5) is 23.0. The summed E-state index contributed by atoms with van der Waals surface area (Å²) < 4.78 is 0. The van der Waals surface area contributed by atoms with Gasteiger partial charge in [-0.2, -0.15) is 0 Å². The third-order valence-corrected chi connectivity index (χ3v) is 2.69. The standard InChI is InChI=1S/C14H18O2/c1-9-5-6-13(10(2)7-9)14(16)11(3)8-12(4)15/h5-7,11H,8H2,1-4H3. The van der Waals surface area contributed by atoms with Crippen LogP contribution in [-0.2, 0) is 4.79 Å². The first-order chi connectivity index (χ1) is 7.41. The Labute approximate surface area is 96.7 Å². The summed E-state index contributed by atoms with van der Waals surface area (Å²) in [5.41, 5.74) is 2.87. The van der Waals surface area contributed by atoms with Crippen molar-refractivity contribution in [3.63, 3.8) is 0 Å². The Hall–Kier alpha value is -1.44. The molecule has 0 aromatic heterocycles. The van der Waals surface area contributed by atoms with Gasteiger partial charge in [0, 0.05) is 17.9 Å². The second kappa shape index (κ2) is 5.06. The van der Waals surface area contributed by atoms with Crippen LogP contribution in [0.5, 0.6) is 0 Å². The molecule has 2 nitrogen and oxygen atoms in total. The second-order valence-corrected chi connectivity index (χ2v) is 4.49. The van der Waals surface area contributed by atoms with Gasteiger partial charge >= 0.3 is 0 Å². The summed E-state index contributed by atoms with van der Waals surface area (Å²) in [6, 6.07) is 5.78. The van der Waals surface area contributed by atoms with Crippen molar-refractivity contribution in [1.29, 1.82) is 0 Å². The van der Waals surface area contributed by atoms with E-state index >= 15 is 0 Å². The molecule has 0 aliphatic carbocycles. The zero-order chi connectivity index (χ0) is 12.3. The van der Waals surface area contributed by atoms with Gasteiger partial charge in [0.25, 0.3) is 0 Å². The van der Waals surface area contributed by atoms with Crippen LogP contribution in [0.2, 0.25) is 0 Å². The molecule has 1 aromatic carbocycles. The molecule has 0 radical (unpaired) electrons. The Bertz CT molecular complexity index is 419. The molecule has 0 aliphatic heterocycles. The van der Waals surface area contributed by atoms with Gasteiger partial charge in [-0.3, -0.25) is 4.79 Å². The number of carbonyl (C=O) groups excluding carboxylic acids is 2. The number of ketones is 2. The normalized spacial score (nSPS) is 12.2. The summed E-state index contributed by atoms with van der Waals surface area (Å²) >= 11 is 0. The molecule has 1 unspecified atom stereocenters. The molecule has 0 saturated carbocycles. The Kier molecular flexibility index (Phi) is 3.99. The first-order valence-electron chi connectivity index (χ1n) is 5.52. The van der Waals surface area contributed by atoms with Crippen molar-refractivity contribution < 1.29 is 9.59 Å². The predicted molar refractivity (Wildman–Crippen MR) is 64.7 cm³/mol.